The number of alkyl halides is 1. The summed E-state index contributed by atoms with van der Waals surface area (Å²) in [6.45, 7) is 14.0. The molecule has 0 aromatic heterocycles. The van der Waals surface area contributed by atoms with Crippen LogP contribution >= 0.6 is 0 Å². The van der Waals surface area contributed by atoms with Crippen LogP contribution in [0.25, 0.3) is 0 Å². The van der Waals surface area contributed by atoms with E-state index >= 15 is 0 Å². The fraction of sp³-hybridized carbons (Fsp3) is 0.721. The van der Waals surface area contributed by atoms with E-state index in [0.717, 1.165) is 16.8 Å². The van der Waals surface area contributed by atoms with Crippen molar-refractivity contribution in [2.45, 2.75) is 147 Å². The van der Waals surface area contributed by atoms with E-state index in [2.05, 4.69) is 10.2 Å². The maximum atomic E-state index is 14.1. The van der Waals surface area contributed by atoms with Crippen LogP contribution in [-0.2, 0) is 49.6 Å². The first kappa shape index (κ1) is 49.0. The third kappa shape index (κ3) is 11.6. The molecule has 3 aliphatic rings. The number of Topliss-reactive ketones (excluding diaryl/α,β-unsaturated/α-hetero) is 2. The average molecular weight is 866 g/mol. The molecule has 1 aromatic carbocycles. The van der Waals surface area contributed by atoms with Crippen LogP contribution in [0.15, 0.2) is 41.1 Å². The molecule has 60 heavy (non-hydrogen) atoms. The van der Waals surface area contributed by atoms with Crippen LogP contribution in [0.1, 0.15) is 93.1 Å². The predicted molar refractivity (Wildman–Crippen MR) is 223 cm³/mol. The van der Waals surface area contributed by atoms with Gasteiger partial charge in [0.2, 0.25) is 0 Å². The van der Waals surface area contributed by atoms with E-state index in [4.69, 9.17) is 30.5 Å². The number of carbonyl (C=O) groups is 4. The molecule has 0 saturated carbocycles. The highest BCUT2D eigenvalue weighted by molar-refractivity contribution is 7.90. The molecule has 3 saturated heterocycles. The van der Waals surface area contributed by atoms with Crippen LogP contribution < -0.4 is 16.9 Å². The molecule has 1 aromatic rings. The minimum Gasteiger partial charge on any atom is -0.458 e. The molecule has 5 N–H and O–H groups in total. The molecule has 17 heteroatoms. The molecule has 0 spiro atoms. The van der Waals surface area contributed by atoms with E-state index in [-0.39, 0.29) is 40.9 Å². The van der Waals surface area contributed by atoms with Crippen molar-refractivity contribution in [3.05, 3.63) is 41.7 Å². The minimum absolute atomic E-state index is 0.0268. The first-order valence-electron chi connectivity index (χ1n) is 21.1. The normalized spacial score (nSPS) is 34.5. The molecule has 4 rings (SSSR count). The number of nitrogens with one attached hydrogen (secondary N) is 1. The highest BCUT2D eigenvalue weighted by Gasteiger charge is 2.59. The second-order valence-corrected chi connectivity index (χ2v) is 19.7. The number of hydrogen-bond donors (Lipinski definition) is 3. The summed E-state index contributed by atoms with van der Waals surface area (Å²) in [7, 11) is -1.34. The number of fused-ring (bicyclic) bond motifs is 1. The van der Waals surface area contributed by atoms with E-state index in [1.807, 2.05) is 27.8 Å². The fourth-order valence-electron chi connectivity index (χ4n) is 9.16. The third-order valence-corrected chi connectivity index (χ3v) is 13.9. The Bertz CT molecular complexity index is 1820. The minimum atomic E-state index is -3.33. The Balaban J connectivity index is 1.45. The van der Waals surface area contributed by atoms with Crippen molar-refractivity contribution in [1.82, 2.24) is 15.2 Å². The zero-order valence-corrected chi connectivity index (χ0v) is 37.7. The zero-order valence-electron chi connectivity index (χ0n) is 36.9. The summed E-state index contributed by atoms with van der Waals surface area (Å²) >= 11 is 0. The van der Waals surface area contributed by atoms with Crippen LogP contribution in [0.4, 0.5) is 9.18 Å². The summed E-state index contributed by atoms with van der Waals surface area (Å²) in [5.41, 5.74) is 6.25. The number of amides is 1. The Kier molecular flexibility index (Phi) is 16.7. The number of carbonyl (C=O) groups excluding carboxylic acids is 4. The number of sulfone groups is 1. The smallest absolute Gasteiger partial charge is 0.425 e. The molecule has 0 radical (unpaired) electrons. The largest absolute Gasteiger partial charge is 0.458 e. The quantitative estimate of drug-likeness (QED) is 0.108. The number of cyclic esters (lactones) is 1. The number of hydrogen-bond acceptors (Lipinski definition) is 14. The second-order valence-electron chi connectivity index (χ2n) is 17.6. The van der Waals surface area contributed by atoms with Crippen molar-refractivity contribution >= 4 is 33.5 Å². The Hall–Kier alpha value is -3.64. The number of halogens is 1. The number of nitrogens with two attached hydrogens (primary N) is 2. The number of nitrogens with zero attached hydrogens (tertiary/aromatic N) is 2. The summed E-state index contributed by atoms with van der Waals surface area (Å²) in [4.78, 5) is 57.0. The van der Waals surface area contributed by atoms with Crippen molar-refractivity contribution in [3.8, 4) is 0 Å². The molecule has 1 amide bonds. The van der Waals surface area contributed by atoms with Crippen LogP contribution in [0.2, 0.25) is 0 Å². The number of hydrazine groups is 1. The lowest BCUT2D eigenvalue weighted by molar-refractivity contribution is -0.237. The maximum Gasteiger partial charge on any atom is 0.425 e. The number of esters is 1. The lowest BCUT2D eigenvalue weighted by Crippen LogP contribution is -2.59. The van der Waals surface area contributed by atoms with Gasteiger partial charge in [0.1, 0.15) is 30.5 Å². The van der Waals surface area contributed by atoms with Gasteiger partial charge in [0.25, 0.3) is 0 Å². The molecule has 3 aliphatic heterocycles. The summed E-state index contributed by atoms with van der Waals surface area (Å²) in [6.07, 6.45) is 1.99. The van der Waals surface area contributed by atoms with E-state index in [9.17, 15) is 32.0 Å². The van der Waals surface area contributed by atoms with E-state index in [1.165, 1.54) is 19.1 Å². The van der Waals surface area contributed by atoms with Gasteiger partial charge in [0.05, 0.1) is 23.1 Å². The third-order valence-electron chi connectivity index (χ3n) is 12.8. The van der Waals surface area contributed by atoms with Gasteiger partial charge in [-0.05, 0) is 77.1 Å². The van der Waals surface area contributed by atoms with Crippen molar-refractivity contribution in [1.29, 1.82) is 0 Å². The average Bonchev–Trinajstić information content (AvgIpc) is 3.43. The highest BCUT2D eigenvalue weighted by Crippen LogP contribution is 2.41. The fourth-order valence-corrected chi connectivity index (χ4v) is 9.79. The van der Waals surface area contributed by atoms with Crippen LogP contribution in [0.5, 0.6) is 0 Å². The highest BCUT2D eigenvalue weighted by atomic mass is 32.2. The number of benzene rings is 1. The topological polar surface area (TPSA) is 210 Å². The first-order valence-corrected chi connectivity index (χ1v) is 23.0. The Morgan fingerprint density at radius 1 is 1.05 bits per heavy atom. The molecular formula is C43H68FN5O10S. The van der Waals surface area contributed by atoms with Gasteiger partial charge in [0.15, 0.2) is 27.5 Å². The molecular weight excluding hydrogens is 798 g/mol. The first-order chi connectivity index (χ1) is 28.0. The van der Waals surface area contributed by atoms with Gasteiger partial charge in [-0.15, -0.1) is 0 Å². The molecule has 0 bridgehead atoms. The molecule has 3 heterocycles. The van der Waals surface area contributed by atoms with Crippen molar-refractivity contribution in [3.63, 3.8) is 0 Å². The molecule has 0 unspecified atom stereocenters. The predicted octanol–water partition coefficient (Wildman–Crippen LogP) is 4.46. The molecule has 15 nitrogen and oxygen atoms in total. The summed E-state index contributed by atoms with van der Waals surface area (Å²) in [5.74, 6) is 1.37. The lowest BCUT2D eigenvalue weighted by Gasteiger charge is -2.42. The van der Waals surface area contributed by atoms with Gasteiger partial charge in [-0.3, -0.25) is 14.4 Å². The van der Waals surface area contributed by atoms with Crippen LogP contribution in [-0.4, -0.2) is 117 Å². The number of rotatable bonds is 13. The molecule has 338 valence electrons. The monoisotopic (exact) mass is 865 g/mol. The SMILES string of the molecule is CC[C@H]1OC(=O)[C@H](C)C(=O)[C@H](C)[C@@H](O[C@H]2C[C@@H](N(C)CC/C(N)=C/N[C@H](CF)Cc3ccc(S(C)(=O)=O)cc3)C[C@@H](C)O2)[C@@H](C)C[C@@H](C)C(=O)[C@H](C)[C@H]2N(N)C(=O)O[C@]12C. The van der Waals surface area contributed by atoms with E-state index in [1.54, 1.807) is 46.0 Å². The Labute approximate surface area is 355 Å². The van der Waals surface area contributed by atoms with Gasteiger partial charge in [-0.25, -0.2) is 28.5 Å². The van der Waals surface area contributed by atoms with Crippen molar-refractivity contribution in [2.75, 3.05) is 26.5 Å². The van der Waals surface area contributed by atoms with Gasteiger partial charge in [0, 0.05) is 61.3 Å². The van der Waals surface area contributed by atoms with E-state index < -0.39 is 88.4 Å². The van der Waals surface area contributed by atoms with Gasteiger partial charge in [-0.2, -0.15) is 0 Å². The van der Waals surface area contributed by atoms with Crippen LogP contribution in [0, 0.1) is 29.6 Å². The summed E-state index contributed by atoms with van der Waals surface area (Å²) in [6, 6.07) is 4.94. The van der Waals surface area contributed by atoms with Crippen molar-refractivity contribution < 1.29 is 50.9 Å². The number of ketones is 2. The van der Waals surface area contributed by atoms with Gasteiger partial charge < -0.3 is 34.9 Å². The van der Waals surface area contributed by atoms with Crippen molar-refractivity contribution in [2.24, 2.45) is 41.2 Å². The van der Waals surface area contributed by atoms with Gasteiger partial charge >= 0.3 is 12.1 Å². The lowest BCUT2D eigenvalue weighted by atomic mass is 9.75. The molecule has 3 fully saturated rings. The second kappa shape index (κ2) is 20.5. The van der Waals surface area contributed by atoms with Crippen LogP contribution in [0.3, 0.4) is 0 Å². The van der Waals surface area contributed by atoms with E-state index in [0.29, 0.717) is 44.3 Å². The Morgan fingerprint density at radius 3 is 2.30 bits per heavy atom. The zero-order chi connectivity index (χ0) is 44.9. The Morgan fingerprint density at radius 2 is 1.70 bits per heavy atom. The molecule has 13 atom stereocenters. The maximum absolute atomic E-state index is 14.1. The standard InChI is InChI=1S/C43H68FN5O10S/c1-11-35-43(8)40(49(46)42(53)59-43)28(6)37(50)24(2)18-25(3)39(27(5)38(51)29(7)41(52)57-35)58-36-21-33(19-26(4)56-36)48(9)17-16-31(45)23-47-32(22-44)20-30-12-14-34(15-13-30)60(10,54)55/h12-15,23-29,32-33,35-36,39-40,47H,11,16-22,45-46H2,1-10H3/b31-23-/t24-,25+,26-,27+,28+,29-,32+,33+,35-,36+,39+,40-,43-/m1/s1. The van der Waals surface area contributed by atoms with Gasteiger partial charge in [-0.1, -0.05) is 46.8 Å². The molecule has 0 aliphatic carbocycles. The summed E-state index contributed by atoms with van der Waals surface area (Å²) < 4.78 is 62.2. The summed E-state index contributed by atoms with van der Waals surface area (Å²) in [5, 5.41) is 3.97. The number of ether oxygens (including phenoxy) is 4.